The molecule has 0 radical (unpaired) electrons. The van der Waals surface area contributed by atoms with Crippen LogP contribution in [0.1, 0.15) is 122 Å². The first-order chi connectivity index (χ1) is 17.0. The van der Waals surface area contributed by atoms with Gasteiger partial charge in [0.05, 0.1) is 22.8 Å². The molecule has 3 heteroatoms. The topological polar surface area (TPSA) is 24.7 Å². The second-order valence-electron chi connectivity index (χ2n) is 11.1. The number of allylic oxidation sites excluding steroid dienone is 4. The monoisotopic (exact) mass is 500 g/mol. The van der Waals surface area contributed by atoms with Crippen LogP contribution in [-0.4, -0.2) is 11.4 Å². The number of para-hydroxylation sites is 2. The molecule has 36 heavy (non-hydrogen) atoms. The molecule has 2 aromatic carbocycles. The fourth-order valence-corrected chi connectivity index (χ4v) is 5.63. The van der Waals surface area contributed by atoms with E-state index >= 15 is 0 Å². The van der Waals surface area contributed by atoms with E-state index in [1.54, 1.807) is 11.8 Å². The Morgan fingerprint density at radius 3 is 1.17 bits per heavy atom. The molecule has 1 aliphatic rings. The highest BCUT2D eigenvalue weighted by molar-refractivity contribution is 8.08. The zero-order valence-electron chi connectivity index (χ0n) is 23.9. The fraction of sp³-hybridized carbons (Fsp3) is 0.455. The average molecular weight is 501 g/mol. The number of hydrogen-bond acceptors (Lipinski definition) is 3. The molecular formula is C33H44N2S. The number of thioether (sulfide) groups is 1. The molecule has 0 amide bonds. The van der Waals surface area contributed by atoms with E-state index in [1.165, 1.54) is 32.1 Å². The number of rotatable bonds is 8. The molecule has 3 rings (SSSR count). The van der Waals surface area contributed by atoms with Gasteiger partial charge in [-0.05, 0) is 66.2 Å². The van der Waals surface area contributed by atoms with Crippen molar-refractivity contribution in [2.24, 2.45) is 9.98 Å². The zero-order chi connectivity index (χ0) is 26.6. The van der Waals surface area contributed by atoms with Crippen LogP contribution >= 0.6 is 11.8 Å². The highest BCUT2D eigenvalue weighted by Gasteiger charge is 2.19. The van der Waals surface area contributed by atoms with Gasteiger partial charge in [-0.25, -0.2) is 0 Å². The Bertz CT molecular complexity index is 1060. The molecule has 0 bridgehead atoms. The quantitative estimate of drug-likeness (QED) is 0.331. The minimum Gasteiger partial charge on any atom is -0.252 e. The Balaban J connectivity index is 1.95. The van der Waals surface area contributed by atoms with Crippen molar-refractivity contribution in [3.05, 3.63) is 80.6 Å². The van der Waals surface area contributed by atoms with Gasteiger partial charge in [0, 0.05) is 9.81 Å². The third-order valence-corrected chi connectivity index (χ3v) is 8.15. The van der Waals surface area contributed by atoms with E-state index in [0.29, 0.717) is 23.7 Å². The summed E-state index contributed by atoms with van der Waals surface area (Å²) in [5.74, 6) is 1.74. The molecule has 0 atom stereocenters. The molecule has 0 aliphatic carbocycles. The Kier molecular flexibility index (Phi) is 9.58. The van der Waals surface area contributed by atoms with E-state index in [4.69, 9.17) is 9.98 Å². The second-order valence-corrected chi connectivity index (χ2v) is 12.1. The third kappa shape index (κ3) is 6.48. The Morgan fingerprint density at radius 1 is 0.583 bits per heavy atom. The van der Waals surface area contributed by atoms with E-state index in [0.717, 1.165) is 29.2 Å². The fourth-order valence-electron chi connectivity index (χ4n) is 4.65. The molecule has 1 heterocycles. The third-order valence-electron chi connectivity index (χ3n) is 6.78. The molecule has 0 N–H and O–H groups in total. The average Bonchev–Trinajstić information content (AvgIpc) is 2.83. The van der Waals surface area contributed by atoms with Crippen LogP contribution < -0.4 is 0 Å². The highest BCUT2D eigenvalue weighted by atomic mass is 32.2. The van der Waals surface area contributed by atoms with Crippen LogP contribution in [0.5, 0.6) is 0 Å². The van der Waals surface area contributed by atoms with Crippen molar-refractivity contribution in [1.29, 1.82) is 0 Å². The maximum Gasteiger partial charge on any atom is 0.0702 e. The molecule has 0 saturated carbocycles. The summed E-state index contributed by atoms with van der Waals surface area (Å²) in [5.41, 5.74) is 9.75. The first-order valence-corrected chi connectivity index (χ1v) is 14.3. The number of nitrogens with zero attached hydrogens (tertiary/aromatic N) is 2. The van der Waals surface area contributed by atoms with E-state index in [1.807, 2.05) is 0 Å². The van der Waals surface area contributed by atoms with Crippen molar-refractivity contribution in [3.8, 4) is 0 Å². The van der Waals surface area contributed by atoms with Gasteiger partial charge in [-0.1, -0.05) is 116 Å². The Hall–Kier alpha value is -2.39. The van der Waals surface area contributed by atoms with Crippen LogP contribution in [0.2, 0.25) is 0 Å². The van der Waals surface area contributed by atoms with Gasteiger partial charge >= 0.3 is 0 Å². The normalized spacial score (nSPS) is 15.3. The SMILES string of the molecule is CC(=Nc1c(C(C)C)cccc1C(C)C)C1=CCC=C(C(C)=Nc2c(C(C)C)cccc2C(C)C)S1. The first kappa shape index (κ1) is 28.2. The smallest absolute Gasteiger partial charge is 0.0702 e. The lowest BCUT2D eigenvalue weighted by Crippen LogP contribution is -2.04. The standard InChI is InChI=1S/C33H44N2S/c1-20(2)26-14-11-15-27(21(3)4)32(26)34-24(9)30-18-13-19-31(36-30)25(10)35-33-28(22(5)6)16-12-17-29(33)23(7)8/h11-12,14-23H,13H2,1-10H3. The Morgan fingerprint density at radius 2 is 0.889 bits per heavy atom. The zero-order valence-corrected chi connectivity index (χ0v) is 24.8. The molecule has 192 valence electrons. The van der Waals surface area contributed by atoms with E-state index in [2.05, 4.69) is 118 Å². The van der Waals surface area contributed by atoms with Crippen molar-refractivity contribution in [2.45, 2.75) is 99.3 Å². The predicted octanol–water partition coefficient (Wildman–Crippen LogP) is 11.0. The number of hydrogen-bond donors (Lipinski definition) is 0. The van der Waals surface area contributed by atoms with E-state index in [-0.39, 0.29) is 0 Å². The minimum absolute atomic E-state index is 0.434. The van der Waals surface area contributed by atoms with Crippen molar-refractivity contribution in [2.75, 3.05) is 0 Å². The molecule has 0 unspecified atom stereocenters. The predicted molar refractivity (Wildman–Crippen MR) is 163 cm³/mol. The summed E-state index contributed by atoms with van der Waals surface area (Å²) in [6.07, 6.45) is 5.51. The van der Waals surface area contributed by atoms with Crippen LogP contribution in [0.25, 0.3) is 0 Å². The van der Waals surface area contributed by atoms with Crippen LogP contribution in [0, 0.1) is 0 Å². The van der Waals surface area contributed by atoms with Crippen molar-refractivity contribution >= 4 is 34.6 Å². The van der Waals surface area contributed by atoms with Crippen LogP contribution in [0.3, 0.4) is 0 Å². The number of benzene rings is 2. The molecule has 0 fully saturated rings. The van der Waals surface area contributed by atoms with Gasteiger partial charge in [0.1, 0.15) is 0 Å². The van der Waals surface area contributed by atoms with Crippen molar-refractivity contribution in [3.63, 3.8) is 0 Å². The van der Waals surface area contributed by atoms with Crippen molar-refractivity contribution in [1.82, 2.24) is 0 Å². The maximum atomic E-state index is 5.24. The molecule has 1 aliphatic heterocycles. The van der Waals surface area contributed by atoms with Gasteiger partial charge in [-0.2, -0.15) is 0 Å². The molecular weight excluding hydrogens is 456 g/mol. The highest BCUT2D eigenvalue weighted by Crippen LogP contribution is 2.40. The summed E-state index contributed by atoms with van der Waals surface area (Å²) in [6.45, 7) is 22.3. The lowest BCUT2D eigenvalue weighted by atomic mass is 9.93. The molecule has 2 nitrogen and oxygen atoms in total. The summed E-state index contributed by atoms with van der Waals surface area (Å²) in [4.78, 5) is 12.9. The van der Waals surface area contributed by atoms with Gasteiger partial charge < -0.3 is 0 Å². The first-order valence-electron chi connectivity index (χ1n) is 13.5. The van der Waals surface area contributed by atoms with Crippen molar-refractivity contribution < 1.29 is 0 Å². The van der Waals surface area contributed by atoms with Crippen LogP contribution in [0.15, 0.2) is 68.3 Å². The van der Waals surface area contributed by atoms with Gasteiger partial charge in [0.2, 0.25) is 0 Å². The molecule has 0 aromatic heterocycles. The van der Waals surface area contributed by atoms with Gasteiger partial charge in [-0.15, -0.1) is 0 Å². The molecule has 0 saturated heterocycles. The van der Waals surface area contributed by atoms with Gasteiger partial charge in [0.25, 0.3) is 0 Å². The second kappa shape index (κ2) is 12.2. The summed E-state index contributed by atoms with van der Waals surface area (Å²) in [7, 11) is 0. The van der Waals surface area contributed by atoms with Crippen LogP contribution in [-0.2, 0) is 0 Å². The summed E-state index contributed by atoms with van der Waals surface area (Å²) in [6, 6.07) is 13.3. The van der Waals surface area contributed by atoms with Gasteiger partial charge in [0.15, 0.2) is 0 Å². The lowest BCUT2D eigenvalue weighted by molar-refractivity contribution is 0.834. The summed E-state index contributed by atoms with van der Waals surface area (Å²) < 4.78 is 0. The van der Waals surface area contributed by atoms with Gasteiger partial charge in [-0.3, -0.25) is 9.98 Å². The Labute approximate surface area is 224 Å². The molecule has 0 spiro atoms. The van der Waals surface area contributed by atoms with E-state index in [9.17, 15) is 0 Å². The summed E-state index contributed by atoms with van der Waals surface area (Å²) >= 11 is 1.80. The van der Waals surface area contributed by atoms with E-state index < -0.39 is 0 Å². The largest absolute Gasteiger partial charge is 0.252 e. The van der Waals surface area contributed by atoms with Crippen LogP contribution in [0.4, 0.5) is 11.4 Å². The maximum absolute atomic E-state index is 5.24. The molecule has 2 aromatic rings. The minimum atomic E-state index is 0.434. The number of aliphatic imine (C=N–C) groups is 2. The summed E-state index contributed by atoms with van der Waals surface area (Å²) in [5, 5.41) is 0. The lowest BCUT2D eigenvalue weighted by Gasteiger charge is -2.20.